The van der Waals surface area contributed by atoms with Crippen molar-refractivity contribution in [2.24, 2.45) is 0 Å². The number of halogens is 1. The average Bonchev–Trinajstić information content (AvgIpc) is 3.12. The number of rotatable bonds is 4. The lowest BCUT2D eigenvalue weighted by atomic mass is 10.1. The highest BCUT2D eigenvalue weighted by atomic mass is 79.9. The van der Waals surface area contributed by atoms with E-state index in [1.807, 2.05) is 0 Å². The van der Waals surface area contributed by atoms with Crippen LogP contribution < -0.4 is 0 Å². The Labute approximate surface area is 112 Å². The molecule has 1 aromatic rings. The first kappa shape index (κ1) is 12.9. The summed E-state index contributed by atoms with van der Waals surface area (Å²) in [6, 6.07) is 4.50. The number of carbonyl (C=O) groups excluding carboxylic acids is 1. The fourth-order valence-electron chi connectivity index (χ4n) is 1.73. The SMILES string of the molecule is O=C(O)CN(C(=O)c1cc(Br)ccc1O)C1CC1. The minimum Gasteiger partial charge on any atom is -0.507 e. The molecule has 18 heavy (non-hydrogen) atoms. The summed E-state index contributed by atoms with van der Waals surface area (Å²) in [5.41, 5.74) is 0.123. The number of carboxylic acids is 1. The first-order valence-electron chi connectivity index (χ1n) is 5.50. The third-order valence-electron chi connectivity index (χ3n) is 2.74. The first-order chi connectivity index (χ1) is 8.49. The number of aliphatic carboxylic acids is 1. The number of hydrogen-bond acceptors (Lipinski definition) is 3. The molecule has 1 fully saturated rings. The topological polar surface area (TPSA) is 77.8 Å². The molecule has 0 unspecified atom stereocenters. The summed E-state index contributed by atoms with van der Waals surface area (Å²) in [6.45, 7) is -0.338. The molecule has 0 aliphatic heterocycles. The van der Waals surface area contributed by atoms with Crippen LogP contribution in [0, 0.1) is 0 Å². The molecule has 1 aliphatic rings. The van der Waals surface area contributed by atoms with Gasteiger partial charge in [0.2, 0.25) is 0 Å². The normalized spacial score (nSPS) is 14.3. The molecule has 0 saturated heterocycles. The Kier molecular flexibility index (Phi) is 3.56. The quantitative estimate of drug-likeness (QED) is 0.889. The van der Waals surface area contributed by atoms with Crippen molar-refractivity contribution in [1.82, 2.24) is 4.90 Å². The first-order valence-corrected chi connectivity index (χ1v) is 6.29. The molecule has 0 heterocycles. The van der Waals surface area contributed by atoms with E-state index in [0.717, 1.165) is 12.8 Å². The fraction of sp³-hybridized carbons (Fsp3) is 0.333. The number of phenolic OH excluding ortho intramolecular Hbond substituents is 1. The van der Waals surface area contributed by atoms with Gasteiger partial charge in [-0.15, -0.1) is 0 Å². The molecular formula is C12H12BrNO4. The third kappa shape index (κ3) is 2.81. The number of nitrogens with zero attached hydrogens (tertiary/aromatic N) is 1. The van der Waals surface area contributed by atoms with E-state index >= 15 is 0 Å². The maximum Gasteiger partial charge on any atom is 0.323 e. The highest BCUT2D eigenvalue weighted by Gasteiger charge is 2.35. The standard InChI is InChI=1S/C12H12BrNO4/c13-7-1-4-10(15)9(5-7)12(18)14(6-11(16)17)8-2-3-8/h1,4-5,8,15H,2-3,6H2,(H,16,17). The average molecular weight is 314 g/mol. The van der Waals surface area contributed by atoms with Crippen LogP contribution in [0.25, 0.3) is 0 Å². The van der Waals surface area contributed by atoms with Gasteiger partial charge < -0.3 is 15.1 Å². The Hall–Kier alpha value is -1.56. The van der Waals surface area contributed by atoms with Crippen LogP contribution in [0.1, 0.15) is 23.2 Å². The van der Waals surface area contributed by atoms with E-state index in [-0.39, 0.29) is 23.9 Å². The van der Waals surface area contributed by atoms with Crippen molar-refractivity contribution in [2.45, 2.75) is 18.9 Å². The minimum absolute atomic E-state index is 0.0213. The van der Waals surface area contributed by atoms with Crippen LogP contribution in [0.3, 0.4) is 0 Å². The second-order valence-electron chi connectivity index (χ2n) is 4.22. The van der Waals surface area contributed by atoms with Crippen LogP contribution in [0.4, 0.5) is 0 Å². The molecule has 0 bridgehead atoms. The van der Waals surface area contributed by atoms with Gasteiger partial charge in [0.1, 0.15) is 12.3 Å². The van der Waals surface area contributed by atoms with Crippen molar-refractivity contribution >= 4 is 27.8 Å². The van der Waals surface area contributed by atoms with E-state index in [4.69, 9.17) is 5.11 Å². The van der Waals surface area contributed by atoms with Crippen LogP contribution in [0.2, 0.25) is 0 Å². The number of aromatic hydroxyl groups is 1. The summed E-state index contributed by atoms with van der Waals surface area (Å²) in [6.07, 6.45) is 1.63. The Morgan fingerprint density at radius 1 is 1.39 bits per heavy atom. The van der Waals surface area contributed by atoms with Gasteiger partial charge in [-0.25, -0.2) is 0 Å². The molecule has 1 amide bonds. The van der Waals surface area contributed by atoms with Crippen LogP contribution >= 0.6 is 15.9 Å². The van der Waals surface area contributed by atoms with Crippen molar-refractivity contribution in [2.75, 3.05) is 6.54 Å². The van der Waals surface area contributed by atoms with Gasteiger partial charge in [0.15, 0.2) is 0 Å². The number of hydrogen-bond donors (Lipinski definition) is 2. The zero-order valence-electron chi connectivity index (χ0n) is 9.47. The molecule has 2 N–H and O–H groups in total. The van der Waals surface area contributed by atoms with Crippen molar-refractivity contribution in [1.29, 1.82) is 0 Å². The van der Waals surface area contributed by atoms with Crippen molar-refractivity contribution < 1.29 is 19.8 Å². The van der Waals surface area contributed by atoms with Gasteiger partial charge in [0.05, 0.1) is 5.56 Å². The van der Waals surface area contributed by atoms with Gasteiger partial charge in [-0.2, -0.15) is 0 Å². The van der Waals surface area contributed by atoms with Gasteiger partial charge in [0, 0.05) is 10.5 Å². The third-order valence-corrected chi connectivity index (χ3v) is 3.24. The molecule has 0 atom stereocenters. The summed E-state index contributed by atoms with van der Waals surface area (Å²) in [7, 11) is 0. The Balaban J connectivity index is 2.27. The molecule has 5 nitrogen and oxygen atoms in total. The van der Waals surface area contributed by atoms with E-state index < -0.39 is 11.9 Å². The number of carboxylic acid groups (broad SMARTS) is 1. The summed E-state index contributed by atoms with van der Waals surface area (Å²) in [4.78, 5) is 24.3. The smallest absolute Gasteiger partial charge is 0.323 e. The molecule has 0 spiro atoms. The zero-order valence-corrected chi connectivity index (χ0v) is 11.1. The van der Waals surface area contributed by atoms with Crippen molar-refractivity contribution in [3.8, 4) is 5.75 Å². The minimum atomic E-state index is -1.05. The number of benzene rings is 1. The summed E-state index contributed by atoms with van der Waals surface area (Å²) >= 11 is 3.22. The highest BCUT2D eigenvalue weighted by molar-refractivity contribution is 9.10. The van der Waals surface area contributed by atoms with E-state index in [1.165, 1.54) is 17.0 Å². The van der Waals surface area contributed by atoms with E-state index in [2.05, 4.69) is 15.9 Å². The highest BCUT2D eigenvalue weighted by Crippen LogP contribution is 2.30. The predicted molar refractivity (Wildman–Crippen MR) is 67.5 cm³/mol. The Bertz CT molecular complexity index is 499. The largest absolute Gasteiger partial charge is 0.507 e. The lowest BCUT2D eigenvalue weighted by molar-refractivity contribution is -0.137. The zero-order chi connectivity index (χ0) is 13.3. The maximum absolute atomic E-state index is 12.2. The summed E-state index contributed by atoms with van der Waals surface area (Å²) in [5.74, 6) is -1.64. The van der Waals surface area contributed by atoms with Gasteiger partial charge in [-0.1, -0.05) is 15.9 Å². The Morgan fingerprint density at radius 3 is 2.61 bits per heavy atom. The number of carbonyl (C=O) groups is 2. The van der Waals surface area contributed by atoms with Crippen molar-refractivity contribution in [3.63, 3.8) is 0 Å². The van der Waals surface area contributed by atoms with E-state index in [0.29, 0.717) is 4.47 Å². The van der Waals surface area contributed by atoms with Crippen LogP contribution in [-0.4, -0.2) is 39.6 Å². The maximum atomic E-state index is 12.2. The number of phenols is 1. The monoisotopic (exact) mass is 313 g/mol. The molecule has 2 rings (SSSR count). The molecule has 0 radical (unpaired) electrons. The van der Waals surface area contributed by atoms with Gasteiger partial charge in [-0.3, -0.25) is 9.59 Å². The van der Waals surface area contributed by atoms with Crippen molar-refractivity contribution in [3.05, 3.63) is 28.2 Å². The second-order valence-corrected chi connectivity index (χ2v) is 5.14. The molecule has 0 aromatic heterocycles. The van der Waals surface area contributed by atoms with Crippen LogP contribution in [0.15, 0.2) is 22.7 Å². The van der Waals surface area contributed by atoms with E-state index in [1.54, 1.807) is 6.07 Å². The number of amides is 1. The van der Waals surface area contributed by atoms with Gasteiger partial charge in [-0.05, 0) is 31.0 Å². The Morgan fingerprint density at radius 2 is 2.06 bits per heavy atom. The molecule has 6 heteroatoms. The molecule has 1 saturated carbocycles. The van der Waals surface area contributed by atoms with Gasteiger partial charge >= 0.3 is 5.97 Å². The van der Waals surface area contributed by atoms with Crippen LogP contribution in [-0.2, 0) is 4.79 Å². The van der Waals surface area contributed by atoms with Gasteiger partial charge in [0.25, 0.3) is 5.91 Å². The fourth-order valence-corrected chi connectivity index (χ4v) is 2.09. The molecule has 96 valence electrons. The van der Waals surface area contributed by atoms with Crippen LogP contribution in [0.5, 0.6) is 5.75 Å². The summed E-state index contributed by atoms with van der Waals surface area (Å²) in [5, 5.41) is 18.5. The molecule has 1 aliphatic carbocycles. The molecular weight excluding hydrogens is 302 g/mol. The second kappa shape index (κ2) is 4.97. The summed E-state index contributed by atoms with van der Waals surface area (Å²) < 4.78 is 0.662. The lowest BCUT2D eigenvalue weighted by Crippen LogP contribution is -2.37. The van der Waals surface area contributed by atoms with E-state index in [9.17, 15) is 14.7 Å². The predicted octanol–water partition coefficient (Wildman–Crippen LogP) is 1.84. The lowest BCUT2D eigenvalue weighted by Gasteiger charge is -2.20. The molecule has 1 aromatic carbocycles.